The van der Waals surface area contributed by atoms with Crippen molar-refractivity contribution >= 4 is 0 Å². The van der Waals surface area contributed by atoms with Crippen molar-refractivity contribution in [2.24, 2.45) is 17.1 Å². The SMILES string of the molecule is CCN(Cc1ccccn1)CC1CCC(C)(C)C1N. The molecule has 1 aromatic heterocycles. The van der Waals surface area contributed by atoms with E-state index in [1.54, 1.807) is 0 Å². The molecule has 2 rings (SSSR count). The van der Waals surface area contributed by atoms with Gasteiger partial charge in [0.15, 0.2) is 0 Å². The van der Waals surface area contributed by atoms with Crippen molar-refractivity contribution < 1.29 is 0 Å². The molecule has 0 spiro atoms. The van der Waals surface area contributed by atoms with E-state index in [9.17, 15) is 0 Å². The molecule has 0 bridgehead atoms. The highest BCUT2D eigenvalue weighted by Gasteiger charge is 2.39. The molecule has 106 valence electrons. The van der Waals surface area contributed by atoms with Crippen molar-refractivity contribution in [3.8, 4) is 0 Å². The maximum absolute atomic E-state index is 6.41. The summed E-state index contributed by atoms with van der Waals surface area (Å²) in [6.45, 7) is 9.90. The van der Waals surface area contributed by atoms with Gasteiger partial charge in [0.25, 0.3) is 0 Å². The Hall–Kier alpha value is -0.930. The zero-order chi connectivity index (χ0) is 13.9. The first-order valence-corrected chi connectivity index (χ1v) is 7.41. The molecule has 19 heavy (non-hydrogen) atoms. The summed E-state index contributed by atoms with van der Waals surface area (Å²) in [5.41, 5.74) is 7.86. The van der Waals surface area contributed by atoms with E-state index in [-0.39, 0.29) is 0 Å². The van der Waals surface area contributed by atoms with Gasteiger partial charge in [0.1, 0.15) is 0 Å². The third-order valence-corrected chi connectivity index (χ3v) is 4.62. The molecule has 2 unspecified atom stereocenters. The zero-order valence-corrected chi connectivity index (χ0v) is 12.5. The summed E-state index contributed by atoms with van der Waals surface area (Å²) < 4.78 is 0. The molecule has 1 aliphatic carbocycles. The Balaban J connectivity index is 1.93. The van der Waals surface area contributed by atoms with Gasteiger partial charge in [0.2, 0.25) is 0 Å². The second-order valence-electron chi connectivity index (χ2n) is 6.46. The Labute approximate surface area is 117 Å². The molecule has 1 aromatic rings. The van der Waals surface area contributed by atoms with Gasteiger partial charge in [-0.1, -0.05) is 26.8 Å². The van der Waals surface area contributed by atoms with Crippen LogP contribution >= 0.6 is 0 Å². The van der Waals surface area contributed by atoms with Gasteiger partial charge in [-0.15, -0.1) is 0 Å². The Bertz CT molecular complexity index is 388. The van der Waals surface area contributed by atoms with E-state index in [1.807, 2.05) is 12.3 Å². The molecule has 0 aromatic carbocycles. The molecule has 0 saturated heterocycles. The zero-order valence-electron chi connectivity index (χ0n) is 12.5. The Morgan fingerprint density at radius 1 is 1.42 bits per heavy atom. The quantitative estimate of drug-likeness (QED) is 0.886. The summed E-state index contributed by atoms with van der Waals surface area (Å²) in [5.74, 6) is 0.624. The van der Waals surface area contributed by atoms with Crippen LogP contribution < -0.4 is 5.73 Å². The summed E-state index contributed by atoms with van der Waals surface area (Å²) in [6, 6.07) is 6.45. The lowest BCUT2D eigenvalue weighted by Crippen LogP contribution is -2.42. The molecule has 1 heterocycles. The number of aromatic nitrogens is 1. The smallest absolute Gasteiger partial charge is 0.0543 e. The molecule has 0 radical (unpaired) electrons. The van der Waals surface area contributed by atoms with Gasteiger partial charge in [0, 0.05) is 25.3 Å². The second kappa shape index (κ2) is 6.02. The van der Waals surface area contributed by atoms with E-state index >= 15 is 0 Å². The fraction of sp³-hybridized carbons (Fsp3) is 0.688. The van der Waals surface area contributed by atoms with Crippen LogP contribution in [0.25, 0.3) is 0 Å². The number of rotatable bonds is 5. The third kappa shape index (κ3) is 3.54. The Morgan fingerprint density at radius 3 is 2.74 bits per heavy atom. The van der Waals surface area contributed by atoms with Crippen molar-refractivity contribution in [3.63, 3.8) is 0 Å². The summed E-state index contributed by atoms with van der Waals surface area (Å²) in [6.07, 6.45) is 4.38. The minimum atomic E-state index is 0.301. The van der Waals surface area contributed by atoms with Crippen LogP contribution in [0.15, 0.2) is 24.4 Å². The standard InChI is InChI=1S/C16H27N3/c1-4-19(12-14-7-5-6-10-18-14)11-13-8-9-16(2,3)15(13)17/h5-7,10,13,15H,4,8-9,11-12,17H2,1-3H3. The first-order chi connectivity index (χ1) is 9.03. The van der Waals surface area contributed by atoms with Crippen LogP contribution in [0.1, 0.15) is 39.3 Å². The molecule has 2 atom stereocenters. The van der Waals surface area contributed by atoms with Crippen LogP contribution in [0.2, 0.25) is 0 Å². The topological polar surface area (TPSA) is 42.2 Å². The second-order valence-corrected chi connectivity index (χ2v) is 6.46. The lowest BCUT2D eigenvalue weighted by Gasteiger charge is -2.30. The highest BCUT2D eigenvalue weighted by molar-refractivity contribution is 5.03. The maximum Gasteiger partial charge on any atom is 0.0543 e. The fourth-order valence-electron chi connectivity index (χ4n) is 3.10. The molecule has 1 saturated carbocycles. The van der Waals surface area contributed by atoms with Gasteiger partial charge in [0.05, 0.1) is 5.69 Å². The average molecular weight is 261 g/mol. The number of pyridine rings is 1. The fourth-order valence-corrected chi connectivity index (χ4v) is 3.10. The highest BCUT2D eigenvalue weighted by atomic mass is 15.1. The number of hydrogen-bond donors (Lipinski definition) is 1. The normalized spacial score (nSPS) is 25.9. The molecule has 1 fully saturated rings. The predicted octanol–water partition coefficient (Wildman–Crippen LogP) is 2.67. The maximum atomic E-state index is 6.41. The summed E-state index contributed by atoms with van der Waals surface area (Å²) >= 11 is 0. The highest BCUT2D eigenvalue weighted by Crippen LogP contribution is 2.40. The number of nitrogens with zero attached hydrogens (tertiary/aromatic N) is 2. The van der Waals surface area contributed by atoms with Crippen molar-refractivity contribution in [3.05, 3.63) is 30.1 Å². The van der Waals surface area contributed by atoms with Gasteiger partial charge >= 0.3 is 0 Å². The van der Waals surface area contributed by atoms with Gasteiger partial charge in [-0.25, -0.2) is 0 Å². The first kappa shape index (κ1) is 14.5. The molecular weight excluding hydrogens is 234 g/mol. The lowest BCUT2D eigenvalue weighted by atomic mass is 9.85. The minimum Gasteiger partial charge on any atom is -0.327 e. The van der Waals surface area contributed by atoms with Crippen LogP contribution in [0, 0.1) is 11.3 Å². The number of nitrogens with two attached hydrogens (primary N) is 1. The molecule has 3 nitrogen and oxygen atoms in total. The van der Waals surface area contributed by atoms with Gasteiger partial charge in [-0.05, 0) is 42.9 Å². The summed E-state index contributed by atoms with van der Waals surface area (Å²) in [4.78, 5) is 6.88. The van der Waals surface area contributed by atoms with Crippen LogP contribution in [0.3, 0.4) is 0 Å². The molecule has 2 N–H and O–H groups in total. The van der Waals surface area contributed by atoms with Crippen molar-refractivity contribution in [2.75, 3.05) is 13.1 Å². The van der Waals surface area contributed by atoms with Gasteiger partial charge in [-0.3, -0.25) is 9.88 Å². The summed E-state index contributed by atoms with van der Waals surface area (Å²) in [5, 5.41) is 0. The molecule has 0 aliphatic heterocycles. The van der Waals surface area contributed by atoms with Crippen molar-refractivity contribution in [2.45, 2.75) is 46.2 Å². The first-order valence-electron chi connectivity index (χ1n) is 7.41. The van der Waals surface area contributed by atoms with Crippen LogP contribution in [-0.2, 0) is 6.54 Å². The lowest BCUT2D eigenvalue weighted by molar-refractivity contribution is 0.204. The molecule has 1 aliphatic rings. The minimum absolute atomic E-state index is 0.301. The van der Waals surface area contributed by atoms with Gasteiger partial charge in [-0.2, -0.15) is 0 Å². The molecular formula is C16H27N3. The monoisotopic (exact) mass is 261 g/mol. The van der Waals surface area contributed by atoms with Crippen molar-refractivity contribution in [1.82, 2.24) is 9.88 Å². The van der Waals surface area contributed by atoms with E-state index < -0.39 is 0 Å². The van der Waals surface area contributed by atoms with Crippen LogP contribution in [0.4, 0.5) is 0 Å². The van der Waals surface area contributed by atoms with Crippen LogP contribution in [-0.4, -0.2) is 29.0 Å². The molecule has 0 amide bonds. The van der Waals surface area contributed by atoms with E-state index in [4.69, 9.17) is 5.73 Å². The van der Waals surface area contributed by atoms with E-state index in [1.165, 1.54) is 12.8 Å². The Morgan fingerprint density at radius 2 is 2.21 bits per heavy atom. The van der Waals surface area contributed by atoms with Crippen molar-refractivity contribution in [1.29, 1.82) is 0 Å². The summed E-state index contributed by atoms with van der Waals surface area (Å²) in [7, 11) is 0. The average Bonchev–Trinajstić information content (AvgIpc) is 2.66. The van der Waals surface area contributed by atoms with E-state index in [2.05, 4.69) is 42.8 Å². The third-order valence-electron chi connectivity index (χ3n) is 4.62. The van der Waals surface area contributed by atoms with Gasteiger partial charge < -0.3 is 5.73 Å². The Kier molecular flexibility index (Phi) is 4.58. The molecule has 3 heteroatoms. The van der Waals surface area contributed by atoms with Crippen LogP contribution in [0.5, 0.6) is 0 Å². The predicted molar refractivity (Wildman–Crippen MR) is 79.7 cm³/mol. The largest absolute Gasteiger partial charge is 0.327 e. The van der Waals surface area contributed by atoms with E-state index in [0.717, 1.165) is 25.3 Å². The number of hydrogen-bond acceptors (Lipinski definition) is 3. The van der Waals surface area contributed by atoms with E-state index in [0.29, 0.717) is 17.4 Å².